The molecule has 0 amide bonds. The molecule has 0 heterocycles. The Bertz CT molecular complexity index is 576. The maximum atomic E-state index is 13.4. The van der Waals surface area contributed by atoms with Gasteiger partial charge in [-0.05, 0) is 18.1 Å². The maximum absolute atomic E-state index is 13.4. The Kier molecular flexibility index (Phi) is 4.53. The van der Waals surface area contributed by atoms with Gasteiger partial charge in [0.25, 0.3) is 0 Å². The van der Waals surface area contributed by atoms with Crippen molar-refractivity contribution in [2.75, 3.05) is 17.7 Å². The molecular formula is C15H16F2N2O. The number of aliphatic hydroxyl groups is 1. The van der Waals surface area contributed by atoms with Crippen LogP contribution in [-0.4, -0.2) is 17.8 Å². The lowest BCUT2D eigenvalue weighted by Crippen LogP contribution is -2.27. The van der Waals surface area contributed by atoms with Crippen molar-refractivity contribution in [2.24, 2.45) is 0 Å². The third kappa shape index (κ3) is 3.45. The summed E-state index contributed by atoms with van der Waals surface area (Å²) in [6.07, 6.45) is 0.523. The third-order valence-electron chi connectivity index (χ3n) is 3.00. The maximum Gasteiger partial charge on any atom is 0.151 e. The third-order valence-corrected chi connectivity index (χ3v) is 3.00. The first-order valence-corrected chi connectivity index (χ1v) is 6.26. The van der Waals surface area contributed by atoms with Crippen LogP contribution in [-0.2, 0) is 6.42 Å². The van der Waals surface area contributed by atoms with Crippen molar-refractivity contribution in [3.05, 3.63) is 59.7 Å². The standard InChI is InChI=1S/C15H16F2N2O/c16-11-7-13(17)15(18)14(8-11)19-12(9-20)6-10-4-2-1-3-5-10/h1-5,7-8,12,19-20H,6,9,18H2. The molecule has 0 fully saturated rings. The Morgan fingerprint density at radius 3 is 2.50 bits per heavy atom. The Balaban J connectivity index is 2.14. The number of halogens is 2. The zero-order chi connectivity index (χ0) is 14.5. The predicted molar refractivity (Wildman–Crippen MR) is 75.4 cm³/mol. The Labute approximate surface area is 116 Å². The van der Waals surface area contributed by atoms with Gasteiger partial charge in [0.15, 0.2) is 5.82 Å². The number of hydrogen-bond acceptors (Lipinski definition) is 3. The fraction of sp³-hybridized carbons (Fsp3) is 0.200. The van der Waals surface area contributed by atoms with Crippen molar-refractivity contribution in [2.45, 2.75) is 12.5 Å². The summed E-state index contributed by atoms with van der Waals surface area (Å²) < 4.78 is 26.5. The summed E-state index contributed by atoms with van der Waals surface area (Å²) in [7, 11) is 0. The molecule has 20 heavy (non-hydrogen) atoms. The second-order valence-electron chi connectivity index (χ2n) is 4.56. The Morgan fingerprint density at radius 1 is 1.15 bits per heavy atom. The van der Waals surface area contributed by atoms with Gasteiger partial charge in [0.05, 0.1) is 24.0 Å². The topological polar surface area (TPSA) is 58.3 Å². The monoisotopic (exact) mass is 278 g/mol. The highest BCUT2D eigenvalue weighted by Gasteiger charge is 2.13. The number of nitrogens with two attached hydrogens (primary N) is 1. The predicted octanol–water partition coefficient (Wildman–Crippen LogP) is 2.56. The zero-order valence-corrected chi connectivity index (χ0v) is 10.8. The molecule has 0 bridgehead atoms. The van der Waals surface area contributed by atoms with Gasteiger partial charge in [0.1, 0.15) is 5.82 Å². The summed E-state index contributed by atoms with van der Waals surface area (Å²) in [5.74, 6) is -1.53. The molecule has 0 saturated carbocycles. The number of hydrogen-bond donors (Lipinski definition) is 3. The number of rotatable bonds is 5. The molecule has 4 N–H and O–H groups in total. The quantitative estimate of drug-likeness (QED) is 0.737. The van der Waals surface area contributed by atoms with Gasteiger partial charge in [0.2, 0.25) is 0 Å². The van der Waals surface area contributed by atoms with Gasteiger partial charge in [0, 0.05) is 6.07 Å². The van der Waals surface area contributed by atoms with Gasteiger partial charge >= 0.3 is 0 Å². The van der Waals surface area contributed by atoms with Crippen molar-refractivity contribution in [3.63, 3.8) is 0 Å². The molecule has 106 valence electrons. The summed E-state index contributed by atoms with van der Waals surface area (Å²) in [5.41, 5.74) is 6.57. The van der Waals surface area contributed by atoms with Gasteiger partial charge in [-0.2, -0.15) is 0 Å². The van der Waals surface area contributed by atoms with Gasteiger partial charge < -0.3 is 16.2 Å². The van der Waals surface area contributed by atoms with E-state index in [-0.39, 0.29) is 24.0 Å². The van der Waals surface area contributed by atoms with Crippen LogP contribution in [0.1, 0.15) is 5.56 Å². The average Bonchev–Trinajstić information content (AvgIpc) is 2.44. The SMILES string of the molecule is Nc1c(F)cc(F)cc1NC(CO)Cc1ccccc1. The lowest BCUT2D eigenvalue weighted by molar-refractivity contribution is 0.273. The Morgan fingerprint density at radius 2 is 1.85 bits per heavy atom. The van der Waals surface area contributed by atoms with Crippen LogP contribution in [0, 0.1) is 11.6 Å². The van der Waals surface area contributed by atoms with Gasteiger partial charge in [-0.1, -0.05) is 30.3 Å². The summed E-state index contributed by atoms with van der Waals surface area (Å²) in [6.45, 7) is -0.174. The first-order chi connectivity index (χ1) is 9.60. The molecule has 3 nitrogen and oxygen atoms in total. The summed E-state index contributed by atoms with van der Waals surface area (Å²) in [4.78, 5) is 0. The van der Waals surface area contributed by atoms with E-state index < -0.39 is 11.6 Å². The molecule has 5 heteroatoms. The average molecular weight is 278 g/mol. The van der Waals surface area contributed by atoms with Gasteiger partial charge in [-0.3, -0.25) is 0 Å². The molecule has 2 rings (SSSR count). The number of nitrogen functional groups attached to an aromatic ring is 1. The lowest BCUT2D eigenvalue weighted by atomic mass is 10.1. The van der Waals surface area contributed by atoms with Gasteiger partial charge in [-0.15, -0.1) is 0 Å². The van der Waals surface area contributed by atoms with E-state index in [9.17, 15) is 13.9 Å². The minimum Gasteiger partial charge on any atom is -0.395 e. The second kappa shape index (κ2) is 6.34. The van der Waals surface area contributed by atoms with E-state index >= 15 is 0 Å². The second-order valence-corrected chi connectivity index (χ2v) is 4.56. The lowest BCUT2D eigenvalue weighted by Gasteiger charge is -2.19. The van der Waals surface area contributed by atoms with Crippen LogP contribution in [0.2, 0.25) is 0 Å². The van der Waals surface area contributed by atoms with E-state index in [1.807, 2.05) is 30.3 Å². The normalized spacial score (nSPS) is 12.2. The molecular weight excluding hydrogens is 262 g/mol. The van der Waals surface area contributed by atoms with Crippen molar-refractivity contribution in [1.29, 1.82) is 0 Å². The molecule has 0 aliphatic heterocycles. The Hall–Kier alpha value is -2.14. The number of aliphatic hydroxyl groups excluding tert-OH is 1. The first kappa shape index (κ1) is 14.3. The highest BCUT2D eigenvalue weighted by molar-refractivity contribution is 5.67. The van der Waals surface area contributed by atoms with E-state index in [0.29, 0.717) is 6.42 Å². The van der Waals surface area contributed by atoms with Crippen LogP contribution in [0.25, 0.3) is 0 Å². The van der Waals surface area contributed by atoms with Crippen molar-refractivity contribution >= 4 is 11.4 Å². The minimum atomic E-state index is -0.816. The van der Waals surface area contributed by atoms with Crippen LogP contribution in [0.4, 0.5) is 20.2 Å². The minimum absolute atomic E-state index is 0.150. The van der Waals surface area contributed by atoms with E-state index in [2.05, 4.69) is 5.32 Å². The zero-order valence-electron chi connectivity index (χ0n) is 10.8. The molecule has 0 radical (unpaired) electrons. The number of benzene rings is 2. The largest absolute Gasteiger partial charge is 0.395 e. The van der Waals surface area contributed by atoms with Crippen molar-refractivity contribution in [3.8, 4) is 0 Å². The molecule has 1 atom stereocenters. The van der Waals surface area contributed by atoms with Crippen LogP contribution in [0.3, 0.4) is 0 Å². The van der Waals surface area contributed by atoms with E-state index in [1.54, 1.807) is 0 Å². The summed E-state index contributed by atoms with van der Waals surface area (Å²) in [5, 5.41) is 12.3. The highest BCUT2D eigenvalue weighted by Crippen LogP contribution is 2.24. The van der Waals surface area contributed by atoms with E-state index in [1.165, 1.54) is 0 Å². The van der Waals surface area contributed by atoms with Crippen LogP contribution in [0.5, 0.6) is 0 Å². The molecule has 0 aliphatic rings. The van der Waals surface area contributed by atoms with Gasteiger partial charge in [-0.25, -0.2) is 8.78 Å². The smallest absolute Gasteiger partial charge is 0.151 e. The summed E-state index contributed by atoms with van der Waals surface area (Å²) in [6, 6.07) is 11.0. The van der Waals surface area contributed by atoms with Crippen LogP contribution in [0.15, 0.2) is 42.5 Å². The van der Waals surface area contributed by atoms with Crippen LogP contribution >= 0.6 is 0 Å². The molecule has 0 spiro atoms. The fourth-order valence-electron chi connectivity index (χ4n) is 1.98. The molecule has 0 aliphatic carbocycles. The van der Waals surface area contributed by atoms with Crippen molar-refractivity contribution < 1.29 is 13.9 Å². The number of anilines is 2. The molecule has 1 unspecified atom stereocenters. The number of nitrogens with one attached hydrogen (secondary N) is 1. The summed E-state index contributed by atoms with van der Waals surface area (Å²) >= 11 is 0. The molecule has 2 aromatic rings. The molecule has 0 aromatic heterocycles. The van der Waals surface area contributed by atoms with E-state index in [0.717, 1.165) is 17.7 Å². The van der Waals surface area contributed by atoms with E-state index in [4.69, 9.17) is 5.73 Å². The van der Waals surface area contributed by atoms with Crippen molar-refractivity contribution in [1.82, 2.24) is 0 Å². The molecule has 2 aromatic carbocycles. The van der Waals surface area contributed by atoms with Crippen LogP contribution < -0.4 is 11.1 Å². The fourth-order valence-corrected chi connectivity index (χ4v) is 1.98. The molecule has 0 saturated heterocycles. The highest BCUT2D eigenvalue weighted by atomic mass is 19.1. The first-order valence-electron chi connectivity index (χ1n) is 6.26.